The minimum absolute atomic E-state index is 0.0909. The Morgan fingerprint density at radius 3 is 2.74 bits per heavy atom. The van der Waals surface area contributed by atoms with Crippen LogP contribution in [0.1, 0.15) is 37.3 Å². The highest BCUT2D eigenvalue weighted by Crippen LogP contribution is 2.33. The number of hydrogen-bond donors (Lipinski definition) is 1. The van der Waals surface area contributed by atoms with Crippen molar-refractivity contribution >= 4 is 15.9 Å². The lowest BCUT2D eigenvalue weighted by Crippen LogP contribution is -2.12. The zero-order valence-corrected chi connectivity index (χ0v) is 12.0. The fraction of sp³-hybridized carbons (Fsp3) is 0.357. The minimum Gasteiger partial charge on any atom is -0.306 e. The molecule has 4 nitrogen and oxygen atoms in total. The zero-order chi connectivity index (χ0) is 13.2. The number of aromatic amines is 1. The highest BCUT2D eigenvalue weighted by atomic mass is 79.9. The summed E-state index contributed by atoms with van der Waals surface area (Å²) in [6.07, 6.45) is 8.14. The van der Waals surface area contributed by atoms with Crippen LogP contribution in [0.25, 0.3) is 11.4 Å². The van der Waals surface area contributed by atoms with Gasteiger partial charge < -0.3 is 4.98 Å². The Hall–Kier alpha value is -1.49. The van der Waals surface area contributed by atoms with Crippen LogP contribution in [0, 0.1) is 0 Å². The molecule has 1 aliphatic carbocycles. The van der Waals surface area contributed by atoms with Crippen molar-refractivity contribution < 1.29 is 0 Å². The van der Waals surface area contributed by atoms with Gasteiger partial charge in [0.05, 0.1) is 5.69 Å². The maximum absolute atomic E-state index is 11.8. The van der Waals surface area contributed by atoms with Gasteiger partial charge in [-0.15, -0.1) is 0 Å². The zero-order valence-electron chi connectivity index (χ0n) is 10.4. The molecule has 0 bridgehead atoms. The van der Waals surface area contributed by atoms with E-state index < -0.39 is 0 Å². The normalized spacial score (nSPS) is 15.8. The smallest absolute Gasteiger partial charge is 0.251 e. The molecule has 0 saturated heterocycles. The molecule has 3 rings (SSSR count). The van der Waals surface area contributed by atoms with Crippen LogP contribution in [0.5, 0.6) is 0 Å². The van der Waals surface area contributed by atoms with Gasteiger partial charge >= 0.3 is 0 Å². The molecule has 0 aromatic carbocycles. The largest absolute Gasteiger partial charge is 0.306 e. The van der Waals surface area contributed by atoms with Gasteiger partial charge in [-0.05, 0) is 34.8 Å². The molecule has 1 fully saturated rings. The van der Waals surface area contributed by atoms with E-state index in [1.54, 1.807) is 18.5 Å². The first-order chi connectivity index (χ1) is 9.22. The Bertz CT molecular complexity index is 647. The van der Waals surface area contributed by atoms with E-state index in [4.69, 9.17) is 0 Å². The minimum atomic E-state index is -0.0909. The maximum Gasteiger partial charge on any atom is 0.251 e. The fourth-order valence-corrected chi connectivity index (χ4v) is 2.95. The Morgan fingerprint density at radius 2 is 2.00 bits per heavy atom. The van der Waals surface area contributed by atoms with Crippen molar-refractivity contribution in [3.63, 3.8) is 0 Å². The number of halogens is 1. The van der Waals surface area contributed by atoms with Crippen LogP contribution in [0.4, 0.5) is 0 Å². The molecule has 1 N–H and O–H groups in total. The summed E-state index contributed by atoms with van der Waals surface area (Å²) in [7, 11) is 0. The molecule has 1 saturated carbocycles. The second-order valence-electron chi connectivity index (χ2n) is 4.89. The Morgan fingerprint density at radius 1 is 1.21 bits per heavy atom. The number of nitrogens with one attached hydrogen (secondary N) is 1. The van der Waals surface area contributed by atoms with Crippen LogP contribution in [0.15, 0.2) is 33.8 Å². The summed E-state index contributed by atoms with van der Waals surface area (Å²) in [6.45, 7) is 0. The highest BCUT2D eigenvalue weighted by Gasteiger charge is 2.19. The number of pyridine rings is 1. The van der Waals surface area contributed by atoms with Crippen LogP contribution in [-0.2, 0) is 0 Å². The lowest BCUT2D eigenvalue weighted by atomic mass is 10.0. The lowest BCUT2D eigenvalue weighted by molar-refractivity contribution is 0.693. The number of aromatic nitrogens is 3. The van der Waals surface area contributed by atoms with Crippen molar-refractivity contribution in [2.75, 3.05) is 0 Å². The molecular weight excluding hydrogens is 306 g/mol. The average molecular weight is 320 g/mol. The third-order valence-electron chi connectivity index (χ3n) is 3.51. The first kappa shape index (κ1) is 12.5. The molecular formula is C14H14BrN3O. The summed E-state index contributed by atoms with van der Waals surface area (Å²) >= 11 is 3.38. The van der Waals surface area contributed by atoms with Crippen LogP contribution in [0.2, 0.25) is 0 Å². The third kappa shape index (κ3) is 2.76. The molecule has 2 heterocycles. The number of rotatable bonds is 2. The molecule has 1 aliphatic rings. The van der Waals surface area contributed by atoms with E-state index >= 15 is 0 Å². The van der Waals surface area contributed by atoms with Crippen LogP contribution in [-0.4, -0.2) is 15.0 Å². The van der Waals surface area contributed by atoms with Crippen molar-refractivity contribution in [1.29, 1.82) is 0 Å². The first-order valence-corrected chi connectivity index (χ1v) is 7.24. The van der Waals surface area contributed by atoms with Crippen molar-refractivity contribution in [2.24, 2.45) is 0 Å². The van der Waals surface area contributed by atoms with E-state index in [-0.39, 0.29) is 5.56 Å². The van der Waals surface area contributed by atoms with Crippen LogP contribution < -0.4 is 5.56 Å². The van der Waals surface area contributed by atoms with Gasteiger partial charge in [0.15, 0.2) is 0 Å². The van der Waals surface area contributed by atoms with E-state index in [0.29, 0.717) is 11.7 Å². The summed E-state index contributed by atoms with van der Waals surface area (Å²) in [5, 5.41) is 0. The lowest BCUT2D eigenvalue weighted by Gasteiger charge is -2.09. The van der Waals surface area contributed by atoms with Crippen LogP contribution in [0.3, 0.4) is 0 Å². The van der Waals surface area contributed by atoms with Gasteiger partial charge in [-0.3, -0.25) is 9.78 Å². The number of hydrogen-bond acceptors (Lipinski definition) is 3. The summed E-state index contributed by atoms with van der Waals surface area (Å²) < 4.78 is 0.874. The van der Waals surface area contributed by atoms with E-state index in [1.165, 1.54) is 12.8 Å². The predicted octanol–water partition coefficient (Wildman–Crippen LogP) is 3.25. The average Bonchev–Trinajstić information content (AvgIpc) is 2.92. The van der Waals surface area contributed by atoms with Crippen molar-refractivity contribution in [3.05, 3.63) is 45.0 Å². The second kappa shape index (κ2) is 5.25. The monoisotopic (exact) mass is 319 g/mol. The predicted molar refractivity (Wildman–Crippen MR) is 77.0 cm³/mol. The number of nitrogens with zero attached hydrogens (tertiary/aromatic N) is 2. The molecule has 0 amide bonds. The molecule has 2 aromatic rings. The molecule has 0 radical (unpaired) electrons. The molecule has 2 aromatic heterocycles. The van der Waals surface area contributed by atoms with Gasteiger partial charge in [0.25, 0.3) is 5.56 Å². The van der Waals surface area contributed by atoms with Gasteiger partial charge in [-0.1, -0.05) is 12.8 Å². The molecule has 98 valence electrons. The quantitative estimate of drug-likeness (QED) is 0.924. The molecule has 19 heavy (non-hydrogen) atoms. The van der Waals surface area contributed by atoms with Gasteiger partial charge in [0.2, 0.25) is 0 Å². The summed E-state index contributed by atoms with van der Waals surface area (Å²) in [5.41, 5.74) is 1.65. The van der Waals surface area contributed by atoms with Crippen molar-refractivity contribution in [1.82, 2.24) is 15.0 Å². The van der Waals surface area contributed by atoms with Gasteiger partial charge in [-0.2, -0.15) is 0 Å². The molecule has 5 heteroatoms. The second-order valence-corrected chi connectivity index (χ2v) is 5.81. The van der Waals surface area contributed by atoms with Crippen molar-refractivity contribution in [2.45, 2.75) is 31.6 Å². The third-order valence-corrected chi connectivity index (χ3v) is 3.95. The van der Waals surface area contributed by atoms with Crippen LogP contribution >= 0.6 is 15.9 Å². The van der Waals surface area contributed by atoms with E-state index in [0.717, 1.165) is 28.6 Å². The Balaban J connectivity index is 2.04. The Labute approximate surface area is 119 Å². The standard InChI is InChI=1S/C14H14BrN3O/c15-11-5-10(7-16-8-11)14-17-12(6-13(19)18-14)9-3-1-2-4-9/h5-9H,1-4H2,(H,17,18,19). The molecule has 0 atom stereocenters. The van der Waals surface area contributed by atoms with E-state index in [2.05, 4.69) is 30.9 Å². The number of H-pyrrole nitrogens is 1. The summed E-state index contributed by atoms with van der Waals surface area (Å²) in [4.78, 5) is 23.3. The summed E-state index contributed by atoms with van der Waals surface area (Å²) in [5.74, 6) is 1.03. The van der Waals surface area contributed by atoms with Gasteiger partial charge in [0, 0.05) is 34.4 Å². The molecule has 0 spiro atoms. The SMILES string of the molecule is O=c1cc(C2CCCC2)nc(-c2cncc(Br)c2)[nH]1. The van der Waals surface area contributed by atoms with E-state index in [1.807, 2.05) is 6.07 Å². The van der Waals surface area contributed by atoms with Gasteiger partial charge in [0.1, 0.15) is 5.82 Å². The fourth-order valence-electron chi connectivity index (χ4n) is 2.59. The first-order valence-electron chi connectivity index (χ1n) is 6.44. The molecule has 0 unspecified atom stereocenters. The van der Waals surface area contributed by atoms with E-state index in [9.17, 15) is 4.79 Å². The summed E-state index contributed by atoms with van der Waals surface area (Å²) in [6, 6.07) is 3.54. The van der Waals surface area contributed by atoms with Crippen molar-refractivity contribution in [3.8, 4) is 11.4 Å². The topological polar surface area (TPSA) is 58.6 Å². The molecule has 0 aliphatic heterocycles. The maximum atomic E-state index is 11.8. The highest BCUT2D eigenvalue weighted by molar-refractivity contribution is 9.10. The van der Waals surface area contributed by atoms with Gasteiger partial charge in [-0.25, -0.2) is 4.98 Å². The Kier molecular flexibility index (Phi) is 3.46.